The van der Waals surface area contributed by atoms with Crippen molar-refractivity contribution in [1.29, 1.82) is 0 Å². The molecule has 0 radical (unpaired) electrons. The summed E-state index contributed by atoms with van der Waals surface area (Å²) in [5.74, 6) is 0.284. The Morgan fingerprint density at radius 2 is 1.03 bits per heavy atom. The number of hydrogen-bond acceptors (Lipinski definition) is 2. The minimum Gasteiger partial charge on any atom is -0.422 e. The second-order valence-electron chi connectivity index (χ2n) is 6.95. The van der Waals surface area contributed by atoms with E-state index < -0.39 is 0 Å². The monoisotopic (exact) mass is 374 g/mol. The predicted molar refractivity (Wildman–Crippen MR) is 117 cm³/mol. The highest BCUT2D eigenvalue weighted by atomic mass is 16.5. The highest BCUT2D eigenvalue weighted by Crippen LogP contribution is 2.43. The van der Waals surface area contributed by atoms with Gasteiger partial charge in [0.15, 0.2) is 0 Å². The molecule has 0 fully saturated rings. The number of benzene rings is 4. The van der Waals surface area contributed by atoms with Crippen LogP contribution in [-0.4, -0.2) is 5.97 Å². The first-order valence-corrected chi connectivity index (χ1v) is 9.58. The van der Waals surface area contributed by atoms with E-state index in [-0.39, 0.29) is 5.97 Å². The van der Waals surface area contributed by atoms with Crippen LogP contribution in [0.5, 0.6) is 0 Å². The highest BCUT2D eigenvalue weighted by molar-refractivity contribution is 6.13. The zero-order valence-corrected chi connectivity index (χ0v) is 15.7. The number of rotatable bonds is 3. The van der Waals surface area contributed by atoms with Crippen molar-refractivity contribution >= 4 is 17.8 Å². The molecule has 1 heterocycles. The summed E-state index contributed by atoms with van der Waals surface area (Å²) in [5, 5.41) is 0. The molecular weight excluding hydrogens is 356 g/mol. The van der Waals surface area contributed by atoms with Gasteiger partial charge in [-0.05, 0) is 33.9 Å². The third-order valence-electron chi connectivity index (χ3n) is 5.13. The first kappa shape index (κ1) is 17.2. The van der Waals surface area contributed by atoms with Gasteiger partial charge in [-0.2, -0.15) is 0 Å². The molecule has 1 aliphatic heterocycles. The third kappa shape index (κ3) is 3.15. The average Bonchev–Trinajstić information content (AvgIpc) is 3.11. The molecule has 0 saturated heterocycles. The van der Waals surface area contributed by atoms with Gasteiger partial charge in [0.25, 0.3) is 0 Å². The topological polar surface area (TPSA) is 26.3 Å². The molecule has 0 unspecified atom stereocenters. The molecule has 5 rings (SSSR count). The number of carbonyl (C=O) groups is 1. The van der Waals surface area contributed by atoms with Crippen LogP contribution in [0.15, 0.2) is 103 Å². The van der Waals surface area contributed by atoms with Crippen LogP contribution < -0.4 is 0 Å². The quantitative estimate of drug-likeness (QED) is 0.373. The van der Waals surface area contributed by atoms with E-state index >= 15 is 0 Å². The molecule has 4 aromatic carbocycles. The number of cyclic esters (lactones) is 1. The van der Waals surface area contributed by atoms with Gasteiger partial charge < -0.3 is 4.74 Å². The van der Waals surface area contributed by atoms with E-state index in [4.69, 9.17) is 4.74 Å². The van der Waals surface area contributed by atoms with Crippen molar-refractivity contribution in [2.24, 2.45) is 0 Å². The van der Waals surface area contributed by atoms with Crippen LogP contribution >= 0.6 is 0 Å². The molecule has 0 amide bonds. The fraction of sp³-hybridized carbons (Fsp3) is 0. The van der Waals surface area contributed by atoms with Crippen LogP contribution in [0.3, 0.4) is 0 Å². The molecule has 0 bridgehead atoms. The lowest BCUT2D eigenvalue weighted by molar-refractivity contribution is 0.0718. The van der Waals surface area contributed by atoms with Gasteiger partial charge in [0.05, 0.1) is 5.56 Å². The molecule has 0 aromatic heterocycles. The Morgan fingerprint density at radius 3 is 1.59 bits per heavy atom. The lowest BCUT2D eigenvalue weighted by atomic mass is 9.89. The van der Waals surface area contributed by atoms with Crippen LogP contribution in [0.25, 0.3) is 34.1 Å². The summed E-state index contributed by atoms with van der Waals surface area (Å²) in [6, 6.07) is 34.1. The summed E-state index contributed by atoms with van der Waals surface area (Å²) in [5.41, 5.74) is 6.41. The number of fused-ring (bicyclic) bond motifs is 1. The molecule has 4 aromatic rings. The minimum absolute atomic E-state index is 0.307. The molecular formula is C27H18O2. The van der Waals surface area contributed by atoms with E-state index in [1.54, 1.807) is 0 Å². The molecule has 0 spiro atoms. The number of esters is 1. The van der Waals surface area contributed by atoms with Crippen LogP contribution in [0.2, 0.25) is 0 Å². The molecule has 2 nitrogen and oxygen atoms in total. The smallest absolute Gasteiger partial charge is 0.344 e. The SMILES string of the molecule is O=C1O/C(=C/c2ccccc2)c2c(-c3ccccc3)ccc(-c3ccccc3)c21. The van der Waals surface area contributed by atoms with Gasteiger partial charge in [0.2, 0.25) is 0 Å². The first-order valence-electron chi connectivity index (χ1n) is 9.58. The molecule has 138 valence electrons. The van der Waals surface area contributed by atoms with Crippen LogP contribution in [0, 0.1) is 0 Å². The summed E-state index contributed by atoms with van der Waals surface area (Å²) in [6.45, 7) is 0. The normalized spacial score (nSPS) is 13.9. The molecule has 2 heteroatoms. The summed E-state index contributed by atoms with van der Waals surface area (Å²) >= 11 is 0. The fourth-order valence-corrected chi connectivity index (χ4v) is 3.79. The van der Waals surface area contributed by atoms with Gasteiger partial charge >= 0.3 is 5.97 Å². The van der Waals surface area contributed by atoms with Gasteiger partial charge in [-0.3, -0.25) is 0 Å². The molecule has 0 atom stereocenters. The third-order valence-corrected chi connectivity index (χ3v) is 5.13. The van der Waals surface area contributed by atoms with Crippen molar-refractivity contribution in [3.05, 3.63) is 120 Å². The van der Waals surface area contributed by atoms with Gasteiger partial charge in [-0.25, -0.2) is 4.79 Å². The Morgan fingerprint density at radius 1 is 0.552 bits per heavy atom. The van der Waals surface area contributed by atoms with Crippen molar-refractivity contribution in [3.63, 3.8) is 0 Å². The van der Waals surface area contributed by atoms with E-state index in [1.807, 2.05) is 91.0 Å². The molecule has 29 heavy (non-hydrogen) atoms. The van der Waals surface area contributed by atoms with E-state index in [2.05, 4.69) is 18.2 Å². The lowest BCUT2D eigenvalue weighted by Gasteiger charge is -2.12. The van der Waals surface area contributed by atoms with Crippen molar-refractivity contribution in [3.8, 4) is 22.3 Å². The second kappa shape index (κ2) is 7.25. The summed E-state index contributed by atoms with van der Waals surface area (Å²) in [7, 11) is 0. The van der Waals surface area contributed by atoms with Crippen LogP contribution in [0.1, 0.15) is 21.5 Å². The average molecular weight is 374 g/mol. The van der Waals surface area contributed by atoms with Crippen molar-refractivity contribution < 1.29 is 9.53 Å². The van der Waals surface area contributed by atoms with Crippen molar-refractivity contribution in [2.75, 3.05) is 0 Å². The van der Waals surface area contributed by atoms with Crippen LogP contribution in [0.4, 0.5) is 0 Å². The summed E-state index contributed by atoms with van der Waals surface area (Å²) in [6.07, 6.45) is 1.94. The largest absolute Gasteiger partial charge is 0.422 e. The van der Waals surface area contributed by atoms with Gasteiger partial charge in [-0.15, -0.1) is 0 Å². The van der Waals surface area contributed by atoms with Crippen molar-refractivity contribution in [2.45, 2.75) is 0 Å². The Labute approximate surface area is 169 Å². The van der Waals surface area contributed by atoms with E-state index in [9.17, 15) is 4.79 Å². The zero-order valence-electron chi connectivity index (χ0n) is 15.7. The Balaban J connectivity index is 1.78. The summed E-state index contributed by atoms with van der Waals surface area (Å²) in [4.78, 5) is 13.0. The number of hydrogen-bond donors (Lipinski definition) is 0. The second-order valence-corrected chi connectivity index (χ2v) is 6.95. The molecule has 1 aliphatic rings. The van der Waals surface area contributed by atoms with Gasteiger partial charge in [0, 0.05) is 5.56 Å². The maximum absolute atomic E-state index is 13.0. The van der Waals surface area contributed by atoms with Gasteiger partial charge in [0.1, 0.15) is 5.76 Å². The van der Waals surface area contributed by atoms with Crippen molar-refractivity contribution in [1.82, 2.24) is 0 Å². The maximum Gasteiger partial charge on any atom is 0.344 e. The predicted octanol–water partition coefficient (Wildman–Crippen LogP) is 6.69. The minimum atomic E-state index is -0.307. The Bertz CT molecular complexity index is 1210. The highest BCUT2D eigenvalue weighted by Gasteiger charge is 2.32. The number of ether oxygens (including phenoxy) is 1. The number of carbonyl (C=O) groups excluding carboxylic acids is 1. The van der Waals surface area contributed by atoms with E-state index in [1.165, 1.54) is 0 Å². The molecule has 0 saturated carbocycles. The maximum atomic E-state index is 13.0. The Kier molecular flexibility index (Phi) is 4.30. The first-order chi connectivity index (χ1) is 14.3. The standard InChI is InChI=1S/C27H18O2/c28-27-26-23(21-14-8-3-9-15-21)17-16-22(20-12-6-2-7-13-20)25(26)24(29-27)18-19-10-4-1-5-11-19/h1-18H/b24-18+. The lowest BCUT2D eigenvalue weighted by Crippen LogP contribution is -1.98. The molecule has 0 aliphatic carbocycles. The van der Waals surface area contributed by atoms with E-state index in [0.717, 1.165) is 33.4 Å². The zero-order chi connectivity index (χ0) is 19.6. The molecule has 0 N–H and O–H groups in total. The Hall–Kier alpha value is -3.91. The van der Waals surface area contributed by atoms with Gasteiger partial charge in [-0.1, -0.05) is 103 Å². The van der Waals surface area contributed by atoms with Crippen LogP contribution in [-0.2, 0) is 4.74 Å². The summed E-state index contributed by atoms with van der Waals surface area (Å²) < 4.78 is 5.78. The van der Waals surface area contributed by atoms with E-state index in [0.29, 0.717) is 11.3 Å². The fourth-order valence-electron chi connectivity index (χ4n) is 3.79.